The van der Waals surface area contributed by atoms with Crippen LogP contribution in [0.5, 0.6) is 0 Å². The van der Waals surface area contributed by atoms with Gasteiger partial charge in [0.2, 0.25) is 0 Å². The lowest BCUT2D eigenvalue weighted by atomic mass is 9.83. The molecule has 0 radical (unpaired) electrons. The molecule has 6 nitrogen and oxygen atoms in total. The van der Waals surface area contributed by atoms with Crippen LogP contribution in [0.2, 0.25) is 0 Å². The van der Waals surface area contributed by atoms with Gasteiger partial charge in [-0.25, -0.2) is 4.79 Å². The molecule has 2 aliphatic heterocycles. The highest BCUT2D eigenvalue weighted by Gasteiger charge is 2.55. The number of carbonyl (C=O) groups is 1. The Kier molecular flexibility index (Phi) is 3.30. The molecule has 0 saturated carbocycles. The molecule has 18 heavy (non-hydrogen) atoms. The van der Waals surface area contributed by atoms with Crippen molar-refractivity contribution in [3.63, 3.8) is 0 Å². The number of hydrogen-bond donors (Lipinski definition) is 3. The van der Waals surface area contributed by atoms with Crippen molar-refractivity contribution in [1.29, 1.82) is 0 Å². The summed E-state index contributed by atoms with van der Waals surface area (Å²) < 4.78 is 5.51. The summed E-state index contributed by atoms with van der Waals surface area (Å²) in [5.41, 5.74) is -1.06. The van der Waals surface area contributed by atoms with E-state index in [9.17, 15) is 9.90 Å². The predicted octanol–water partition coefficient (Wildman–Crippen LogP) is -0.757. The first-order valence-corrected chi connectivity index (χ1v) is 5.69. The highest BCUT2D eigenvalue weighted by atomic mass is 16.5. The fourth-order valence-electron chi connectivity index (χ4n) is 2.22. The average molecular weight is 252 g/mol. The van der Waals surface area contributed by atoms with Crippen LogP contribution in [0.4, 0.5) is 4.79 Å². The third-order valence-corrected chi connectivity index (χ3v) is 3.40. The highest BCUT2D eigenvalue weighted by Crippen LogP contribution is 2.40. The standard InChI is InChI=1S/C12H16N2O4/c1-3-12(2)9(16)8(7-15)18-10(12)14-6-4-5-13-11(14)17/h1,4,6,8-10,15-16H,5,7H2,2H3,(H,13,17). The number of carbonyl (C=O) groups excluding carboxylic acids is 1. The van der Waals surface area contributed by atoms with Gasteiger partial charge in [0.15, 0.2) is 6.23 Å². The molecule has 4 atom stereocenters. The Morgan fingerprint density at radius 1 is 1.78 bits per heavy atom. The van der Waals surface area contributed by atoms with Crippen LogP contribution >= 0.6 is 0 Å². The zero-order chi connectivity index (χ0) is 13.3. The monoisotopic (exact) mass is 252 g/mol. The van der Waals surface area contributed by atoms with E-state index in [-0.39, 0.29) is 12.6 Å². The molecule has 0 spiro atoms. The summed E-state index contributed by atoms with van der Waals surface area (Å²) in [5, 5.41) is 21.9. The Labute approximate surface area is 105 Å². The first-order chi connectivity index (χ1) is 8.54. The van der Waals surface area contributed by atoms with E-state index in [1.165, 1.54) is 4.90 Å². The number of amides is 2. The number of rotatable bonds is 2. The zero-order valence-corrected chi connectivity index (χ0v) is 10.0. The van der Waals surface area contributed by atoms with Crippen molar-refractivity contribution in [1.82, 2.24) is 10.2 Å². The van der Waals surface area contributed by atoms with Crippen LogP contribution < -0.4 is 5.32 Å². The van der Waals surface area contributed by atoms with E-state index in [4.69, 9.17) is 16.3 Å². The molecule has 6 heteroatoms. The van der Waals surface area contributed by atoms with Crippen LogP contribution in [-0.4, -0.2) is 52.7 Å². The maximum absolute atomic E-state index is 11.8. The average Bonchev–Trinajstić information content (AvgIpc) is 2.64. The number of hydrogen-bond acceptors (Lipinski definition) is 4. The lowest BCUT2D eigenvalue weighted by Crippen LogP contribution is -2.52. The quantitative estimate of drug-likeness (QED) is 0.564. The maximum Gasteiger partial charge on any atom is 0.323 e. The topological polar surface area (TPSA) is 82.0 Å². The van der Waals surface area contributed by atoms with E-state index in [0.29, 0.717) is 6.54 Å². The number of nitrogens with zero attached hydrogens (tertiary/aromatic N) is 1. The maximum atomic E-state index is 11.8. The number of ether oxygens (including phenoxy) is 1. The van der Waals surface area contributed by atoms with Gasteiger partial charge in [0.25, 0.3) is 0 Å². The van der Waals surface area contributed by atoms with Gasteiger partial charge < -0.3 is 20.3 Å². The highest BCUT2D eigenvalue weighted by molar-refractivity contribution is 5.77. The van der Waals surface area contributed by atoms with Crippen molar-refractivity contribution in [2.45, 2.75) is 25.4 Å². The van der Waals surface area contributed by atoms with E-state index in [0.717, 1.165) is 0 Å². The molecule has 98 valence electrons. The Hall–Kier alpha value is -1.55. The Morgan fingerprint density at radius 2 is 2.50 bits per heavy atom. The van der Waals surface area contributed by atoms with Gasteiger partial charge in [-0.15, -0.1) is 6.42 Å². The molecular weight excluding hydrogens is 236 g/mol. The Morgan fingerprint density at radius 3 is 3.06 bits per heavy atom. The van der Waals surface area contributed by atoms with E-state index in [2.05, 4.69) is 11.2 Å². The number of nitrogens with one attached hydrogen (secondary N) is 1. The second-order valence-electron chi connectivity index (χ2n) is 4.56. The summed E-state index contributed by atoms with van der Waals surface area (Å²) in [7, 11) is 0. The van der Waals surface area contributed by atoms with Crippen LogP contribution in [0, 0.1) is 17.8 Å². The number of terminal acetylenes is 1. The fourth-order valence-corrected chi connectivity index (χ4v) is 2.22. The molecule has 2 rings (SSSR count). The summed E-state index contributed by atoms with van der Waals surface area (Å²) >= 11 is 0. The minimum atomic E-state index is -1.06. The van der Waals surface area contributed by atoms with Gasteiger partial charge in [-0.3, -0.25) is 4.90 Å². The lowest BCUT2D eigenvalue weighted by molar-refractivity contribution is -0.0600. The van der Waals surface area contributed by atoms with Gasteiger partial charge in [0, 0.05) is 12.7 Å². The molecule has 0 aromatic heterocycles. The minimum Gasteiger partial charge on any atom is -0.394 e. The molecule has 2 amide bonds. The van der Waals surface area contributed by atoms with Crippen LogP contribution in [0.1, 0.15) is 6.92 Å². The fraction of sp³-hybridized carbons (Fsp3) is 0.583. The van der Waals surface area contributed by atoms with Crippen LogP contribution in [0.25, 0.3) is 0 Å². The summed E-state index contributed by atoms with van der Waals surface area (Å²) in [6.07, 6.45) is 6.17. The van der Waals surface area contributed by atoms with Crippen LogP contribution in [0.15, 0.2) is 12.3 Å². The van der Waals surface area contributed by atoms with Gasteiger partial charge in [0.05, 0.1) is 6.61 Å². The van der Waals surface area contributed by atoms with Crippen LogP contribution in [0.3, 0.4) is 0 Å². The van der Waals surface area contributed by atoms with Gasteiger partial charge in [-0.1, -0.05) is 5.92 Å². The van der Waals surface area contributed by atoms with Crippen molar-refractivity contribution >= 4 is 6.03 Å². The summed E-state index contributed by atoms with van der Waals surface area (Å²) in [5.74, 6) is 2.48. The second kappa shape index (κ2) is 4.61. The molecular formula is C12H16N2O4. The van der Waals surface area contributed by atoms with Gasteiger partial charge in [-0.2, -0.15) is 0 Å². The van der Waals surface area contributed by atoms with E-state index in [1.807, 2.05) is 0 Å². The Balaban J connectivity index is 2.32. The summed E-state index contributed by atoms with van der Waals surface area (Å²) in [6.45, 7) is 1.72. The first kappa shape index (κ1) is 12.9. The molecule has 1 fully saturated rings. The summed E-state index contributed by atoms with van der Waals surface area (Å²) in [4.78, 5) is 13.1. The van der Waals surface area contributed by atoms with E-state index >= 15 is 0 Å². The molecule has 4 unspecified atom stereocenters. The minimum absolute atomic E-state index is 0.338. The van der Waals surface area contributed by atoms with Crippen molar-refractivity contribution < 1.29 is 19.7 Å². The third kappa shape index (κ3) is 1.77. The van der Waals surface area contributed by atoms with Crippen molar-refractivity contribution in [2.24, 2.45) is 5.41 Å². The second-order valence-corrected chi connectivity index (χ2v) is 4.56. The molecule has 2 heterocycles. The molecule has 3 N–H and O–H groups in total. The molecule has 2 aliphatic rings. The lowest BCUT2D eigenvalue weighted by Gasteiger charge is -2.35. The van der Waals surface area contributed by atoms with Crippen LogP contribution in [-0.2, 0) is 4.74 Å². The largest absolute Gasteiger partial charge is 0.394 e. The zero-order valence-electron chi connectivity index (χ0n) is 10.0. The van der Waals surface area contributed by atoms with Gasteiger partial charge >= 0.3 is 6.03 Å². The van der Waals surface area contributed by atoms with Gasteiger partial charge in [0.1, 0.15) is 17.6 Å². The number of urea groups is 1. The Bertz CT molecular complexity index is 417. The van der Waals surface area contributed by atoms with E-state index in [1.54, 1.807) is 19.2 Å². The SMILES string of the molecule is C#CC1(C)C(O)C(CO)OC1N1C=CCNC1=O. The van der Waals surface area contributed by atoms with Crippen molar-refractivity contribution in [2.75, 3.05) is 13.2 Å². The smallest absolute Gasteiger partial charge is 0.323 e. The van der Waals surface area contributed by atoms with Crippen molar-refractivity contribution in [3.8, 4) is 12.3 Å². The number of aliphatic hydroxyl groups is 2. The van der Waals surface area contributed by atoms with Gasteiger partial charge in [-0.05, 0) is 13.0 Å². The molecule has 1 saturated heterocycles. The number of aliphatic hydroxyl groups excluding tert-OH is 2. The van der Waals surface area contributed by atoms with E-state index < -0.39 is 23.9 Å². The normalized spacial score (nSPS) is 39.6. The molecule has 0 bridgehead atoms. The van der Waals surface area contributed by atoms with Crippen molar-refractivity contribution in [3.05, 3.63) is 12.3 Å². The molecule has 0 aromatic rings. The first-order valence-electron chi connectivity index (χ1n) is 5.69. The molecule has 0 aromatic carbocycles. The predicted molar refractivity (Wildman–Crippen MR) is 63.1 cm³/mol. The third-order valence-electron chi connectivity index (χ3n) is 3.40. The summed E-state index contributed by atoms with van der Waals surface area (Å²) in [6, 6.07) is -0.338. The molecule has 0 aliphatic carbocycles.